The van der Waals surface area contributed by atoms with E-state index in [4.69, 9.17) is 4.42 Å². The zero-order valence-electron chi connectivity index (χ0n) is 9.64. The fourth-order valence-electron chi connectivity index (χ4n) is 1.42. The van der Waals surface area contributed by atoms with E-state index in [2.05, 4.69) is 10.3 Å². The molecule has 0 unspecified atom stereocenters. The van der Waals surface area contributed by atoms with Crippen molar-refractivity contribution >= 4 is 23.4 Å². The number of hydrogen-bond acceptors (Lipinski definition) is 4. The lowest BCUT2D eigenvalue weighted by atomic mass is 10.3. The van der Waals surface area contributed by atoms with Crippen LogP contribution < -0.4 is 5.32 Å². The molecule has 0 saturated carbocycles. The smallest absolute Gasteiger partial charge is 0.291 e. The van der Waals surface area contributed by atoms with Gasteiger partial charge in [0.25, 0.3) is 5.91 Å². The van der Waals surface area contributed by atoms with Crippen LogP contribution in [0.15, 0.2) is 45.8 Å². The van der Waals surface area contributed by atoms with Gasteiger partial charge in [0.15, 0.2) is 5.76 Å². The first-order chi connectivity index (χ1) is 8.69. The van der Waals surface area contributed by atoms with Gasteiger partial charge in [-0.15, -0.1) is 0 Å². The van der Waals surface area contributed by atoms with Crippen molar-refractivity contribution < 1.29 is 14.0 Å². The lowest BCUT2D eigenvalue weighted by molar-refractivity contribution is 0.0995. The van der Waals surface area contributed by atoms with E-state index in [1.54, 1.807) is 43.3 Å². The van der Waals surface area contributed by atoms with Crippen LogP contribution in [0.2, 0.25) is 0 Å². The van der Waals surface area contributed by atoms with Crippen LogP contribution in [0, 0.1) is 6.92 Å². The van der Waals surface area contributed by atoms with Crippen LogP contribution in [-0.2, 0) is 4.79 Å². The number of isocyanates is 1. The maximum Gasteiger partial charge on any atom is 0.291 e. The molecule has 2 rings (SSSR count). The zero-order valence-corrected chi connectivity index (χ0v) is 9.64. The molecule has 1 amide bonds. The molecule has 0 bridgehead atoms. The second kappa shape index (κ2) is 5.12. The Kier molecular flexibility index (Phi) is 3.36. The largest absolute Gasteiger partial charge is 0.456 e. The van der Waals surface area contributed by atoms with E-state index in [0.717, 1.165) is 0 Å². The molecule has 0 aliphatic heterocycles. The summed E-state index contributed by atoms with van der Waals surface area (Å²) in [6.07, 6.45) is 1.45. The van der Waals surface area contributed by atoms with E-state index in [1.807, 2.05) is 0 Å². The average Bonchev–Trinajstić information content (AvgIpc) is 2.79. The summed E-state index contributed by atoms with van der Waals surface area (Å²) in [6, 6.07) is 9.82. The minimum atomic E-state index is -0.324. The Morgan fingerprint density at radius 3 is 2.50 bits per heavy atom. The van der Waals surface area contributed by atoms with E-state index in [0.29, 0.717) is 17.1 Å². The lowest BCUT2D eigenvalue weighted by Crippen LogP contribution is -2.10. The van der Waals surface area contributed by atoms with Crippen molar-refractivity contribution in [3.63, 3.8) is 0 Å². The molecule has 90 valence electrons. The second-order valence-electron chi connectivity index (χ2n) is 3.61. The summed E-state index contributed by atoms with van der Waals surface area (Å²) < 4.78 is 5.20. The highest BCUT2D eigenvalue weighted by molar-refractivity contribution is 6.02. The van der Waals surface area contributed by atoms with Crippen LogP contribution >= 0.6 is 0 Å². The van der Waals surface area contributed by atoms with Gasteiger partial charge < -0.3 is 9.73 Å². The number of hydrogen-bond donors (Lipinski definition) is 1. The normalized spacial score (nSPS) is 9.61. The molecule has 1 aromatic heterocycles. The van der Waals surface area contributed by atoms with Gasteiger partial charge >= 0.3 is 0 Å². The Morgan fingerprint density at radius 1 is 1.22 bits per heavy atom. The summed E-state index contributed by atoms with van der Waals surface area (Å²) in [4.78, 5) is 25.2. The molecule has 5 nitrogen and oxygen atoms in total. The molecule has 0 radical (unpaired) electrons. The van der Waals surface area contributed by atoms with Crippen LogP contribution in [0.1, 0.15) is 16.3 Å². The number of benzene rings is 1. The van der Waals surface area contributed by atoms with Gasteiger partial charge in [-0.3, -0.25) is 4.79 Å². The molecule has 1 heterocycles. The van der Waals surface area contributed by atoms with Gasteiger partial charge in [-0.25, -0.2) is 4.79 Å². The lowest BCUT2D eigenvalue weighted by Gasteiger charge is -2.02. The van der Waals surface area contributed by atoms with Crippen LogP contribution in [0.25, 0.3) is 0 Å². The summed E-state index contributed by atoms with van der Waals surface area (Å²) in [5.41, 5.74) is 1.08. The van der Waals surface area contributed by atoms with Crippen molar-refractivity contribution in [3.8, 4) is 0 Å². The minimum absolute atomic E-state index is 0.252. The van der Waals surface area contributed by atoms with Gasteiger partial charge in [-0.1, -0.05) is 0 Å². The van der Waals surface area contributed by atoms with E-state index < -0.39 is 0 Å². The molecule has 0 spiro atoms. The van der Waals surface area contributed by atoms with E-state index in [1.165, 1.54) is 6.08 Å². The summed E-state index contributed by atoms with van der Waals surface area (Å²) in [5.74, 6) is 0.605. The minimum Gasteiger partial charge on any atom is -0.456 e. The number of aliphatic imine (C=N–C) groups is 1. The molecule has 5 heteroatoms. The van der Waals surface area contributed by atoms with Crippen molar-refractivity contribution in [2.24, 2.45) is 4.99 Å². The van der Waals surface area contributed by atoms with Crippen molar-refractivity contribution in [1.82, 2.24) is 0 Å². The highest BCUT2D eigenvalue weighted by Crippen LogP contribution is 2.16. The van der Waals surface area contributed by atoms with Crippen molar-refractivity contribution in [3.05, 3.63) is 47.9 Å². The topological polar surface area (TPSA) is 71.7 Å². The van der Waals surface area contributed by atoms with Crippen LogP contribution in [0.5, 0.6) is 0 Å². The quantitative estimate of drug-likeness (QED) is 0.664. The number of furan rings is 1. The SMILES string of the molecule is Cc1ccc(C(=O)Nc2ccc(N=C=O)cc2)o1. The van der Waals surface area contributed by atoms with Gasteiger partial charge in [-0.05, 0) is 43.3 Å². The maximum atomic E-state index is 11.7. The highest BCUT2D eigenvalue weighted by Gasteiger charge is 2.09. The second-order valence-corrected chi connectivity index (χ2v) is 3.61. The molecule has 0 aliphatic carbocycles. The predicted molar refractivity (Wildman–Crippen MR) is 65.6 cm³/mol. The molecule has 0 fully saturated rings. The van der Waals surface area contributed by atoms with E-state index in [-0.39, 0.29) is 11.7 Å². The number of carbonyl (C=O) groups is 1. The number of anilines is 1. The van der Waals surface area contributed by atoms with Crippen LogP contribution in [0.4, 0.5) is 11.4 Å². The molecule has 2 aromatic rings. The summed E-state index contributed by atoms with van der Waals surface area (Å²) in [5, 5.41) is 2.67. The number of rotatable bonds is 3. The first-order valence-electron chi connectivity index (χ1n) is 5.25. The van der Waals surface area contributed by atoms with Crippen molar-refractivity contribution in [2.75, 3.05) is 5.32 Å². The number of nitrogens with one attached hydrogen (secondary N) is 1. The molecular formula is C13H10N2O3. The molecule has 0 saturated heterocycles. The van der Waals surface area contributed by atoms with E-state index >= 15 is 0 Å². The third kappa shape index (κ3) is 2.72. The first-order valence-corrected chi connectivity index (χ1v) is 5.25. The van der Waals surface area contributed by atoms with Crippen LogP contribution in [0.3, 0.4) is 0 Å². The Labute approximate surface area is 103 Å². The Hall–Kier alpha value is -2.65. The summed E-state index contributed by atoms with van der Waals surface area (Å²) in [6.45, 7) is 1.77. The zero-order chi connectivity index (χ0) is 13.0. The molecule has 18 heavy (non-hydrogen) atoms. The summed E-state index contributed by atoms with van der Waals surface area (Å²) in [7, 11) is 0. The fourth-order valence-corrected chi connectivity index (χ4v) is 1.42. The number of carbonyl (C=O) groups excluding carboxylic acids is 2. The Morgan fingerprint density at radius 2 is 1.94 bits per heavy atom. The standard InChI is InChI=1S/C13H10N2O3/c1-9-2-7-12(18-9)13(17)15-11-5-3-10(4-6-11)14-8-16/h2-7H,1H3,(H,15,17). The van der Waals surface area contributed by atoms with Crippen molar-refractivity contribution in [2.45, 2.75) is 6.92 Å². The monoisotopic (exact) mass is 242 g/mol. The maximum absolute atomic E-state index is 11.7. The van der Waals surface area contributed by atoms with Gasteiger partial charge in [0, 0.05) is 5.69 Å². The number of nitrogens with zero attached hydrogens (tertiary/aromatic N) is 1. The third-order valence-electron chi connectivity index (χ3n) is 2.26. The Bertz CT molecular complexity index is 607. The third-order valence-corrected chi connectivity index (χ3v) is 2.26. The van der Waals surface area contributed by atoms with Crippen molar-refractivity contribution in [1.29, 1.82) is 0 Å². The molecular weight excluding hydrogens is 232 g/mol. The average molecular weight is 242 g/mol. The molecule has 1 N–H and O–H groups in total. The molecule has 0 aliphatic rings. The summed E-state index contributed by atoms with van der Waals surface area (Å²) >= 11 is 0. The van der Waals surface area contributed by atoms with Gasteiger partial charge in [-0.2, -0.15) is 4.99 Å². The predicted octanol–water partition coefficient (Wildman–Crippen LogP) is 2.81. The molecule has 0 atom stereocenters. The fraction of sp³-hybridized carbons (Fsp3) is 0.0769. The highest BCUT2D eigenvalue weighted by atomic mass is 16.3. The van der Waals surface area contributed by atoms with Crippen LogP contribution in [-0.4, -0.2) is 12.0 Å². The number of aryl methyl sites for hydroxylation is 1. The Balaban J connectivity index is 2.09. The van der Waals surface area contributed by atoms with Gasteiger partial charge in [0.1, 0.15) is 5.76 Å². The van der Waals surface area contributed by atoms with Gasteiger partial charge in [0.2, 0.25) is 6.08 Å². The first kappa shape index (κ1) is 11.8. The molecule has 1 aromatic carbocycles. The van der Waals surface area contributed by atoms with E-state index in [9.17, 15) is 9.59 Å². The van der Waals surface area contributed by atoms with Gasteiger partial charge in [0.05, 0.1) is 5.69 Å². The number of amides is 1.